The molecule has 0 bridgehead atoms. The molecule has 28 nitrogen and oxygen atoms in total. The fourth-order valence-electron chi connectivity index (χ4n) is 7.73. The number of amides is 2. The van der Waals surface area contributed by atoms with Gasteiger partial charge in [-0.1, -0.05) is 0 Å². The number of aliphatic hydroxyl groups is 15. The second-order valence-electron chi connectivity index (χ2n) is 15.5. The molecule has 5 fully saturated rings. The van der Waals surface area contributed by atoms with Crippen LogP contribution in [-0.2, 0) is 52.2 Å². The summed E-state index contributed by atoms with van der Waals surface area (Å²) in [7, 11) is 0. The van der Waals surface area contributed by atoms with E-state index in [1.807, 2.05) is 0 Å². The van der Waals surface area contributed by atoms with Crippen LogP contribution in [0.4, 0.5) is 0 Å². The molecule has 1 unspecified atom stereocenters. The Morgan fingerprint density at radius 3 is 1.31 bits per heavy atom. The third kappa shape index (κ3) is 11.0. The van der Waals surface area contributed by atoms with Crippen LogP contribution in [-0.4, -0.2) is 275 Å². The van der Waals surface area contributed by atoms with Crippen molar-refractivity contribution in [3.8, 4) is 0 Å². The van der Waals surface area contributed by atoms with Gasteiger partial charge in [0.15, 0.2) is 31.5 Å². The van der Waals surface area contributed by atoms with Gasteiger partial charge in [0.25, 0.3) is 0 Å². The molecule has 5 aliphatic rings. The molecule has 5 heterocycles. The Hall–Kier alpha value is -2.02. The first kappa shape index (κ1) is 51.0. The molecule has 17 N–H and O–H groups in total. The number of hydrogen-bond acceptors (Lipinski definition) is 26. The zero-order valence-corrected chi connectivity index (χ0v) is 33.2. The number of carbonyl (C=O) groups excluding carboxylic acids is 2. The maximum absolute atomic E-state index is 12.4. The van der Waals surface area contributed by atoms with Gasteiger partial charge in [0.2, 0.25) is 11.8 Å². The van der Waals surface area contributed by atoms with Crippen LogP contribution in [0, 0.1) is 0 Å². The summed E-state index contributed by atoms with van der Waals surface area (Å²) in [6.07, 6.45) is -41.5. The van der Waals surface area contributed by atoms with E-state index < -0.39 is 198 Å². The lowest BCUT2D eigenvalue weighted by atomic mass is 9.94. The number of ether oxygens (including phenoxy) is 9. The molecular formula is C34H58N2O26. The van der Waals surface area contributed by atoms with Crippen molar-refractivity contribution in [2.24, 2.45) is 0 Å². The summed E-state index contributed by atoms with van der Waals surface area (Å²) in [5.41, 5.74) is 0. The molecule has 62 heavy (non-hydrogen) atoms. The Morgan fingerprint density at radius 2 is 0.823 bits per heavy atom. The Bertz CT molecular complexity index is 1440. The van der Waals surface area contributed by atoms with E-state index in [2.05, 4.69) is 10.6 Å². The van der Waals surface area contributed by atoms with Crippen LogP contribution >= 0.6 is 0 Å². The molecule has 0 aromatic carbocycles. The van der Waals surface area contributed by atoms with Crippen LogP contribution in [0.5, 0.6) is 0 Å². The molecule has 0 spiro atoms. The summed E-state index contributed by atoms with van der Waals surface area (Å²) in [6, 6.07) is -3.17. The van der Waals surface area contributed by atoms with Crippen molar-refractivity contribution in [1.82, 2.24) is 10.6 Å². The lowest BCUT2D eigenvalue weighted by Crippen LogP contribution is -2.69. The molecule has 360 valence electrons. The standard InChI is InChI=1S/C34H58N2O26/c1-8(41)35-15-21(47)27(60-34-26(52)29(19(45)12(5-39)58-34)62-33-25(51)23(49)18(44)11(4-38)57-33)13(6-40)59-31(15)54-7-14-20(46)28(16(30(53)55-14)36-9(2)42)61-32-24(50)22(48)17(43)10(3-37)56-32/h10-34,37-40,43-53H,3-7H2,1-2H3,(H,35,41)(H,36,42)/t10-,11-,12-,13-,14-,15-,16-,17+,18+,19+,20+,21-,22+,23+,24-,25-,26-,27+,28-,29+,30?,31-,32+,33-,34+/m1/s1. The summed E-state index contributed by atoms with van der Waals surface area (Å²) >= 11 is 0. The third-order valence-electron chi connectivity index (χ3n) is 11.1. The van der Waals surface area contributed by atoms with Gasteiger partial charge in [-0.05, 0) is 0 Å². The van der Waals surface area contributed by atoms with Gasteiger partial charge in [0.05, 0.1) is 33.0 Å². The predicted octanol–water partition coefficient (Wildman–Crippen LogP) is -11.6. The number of rotatable bonds is 15. The normalized spacial score (nSPS) is 49.0. The van der Waals surface area contributed by atoms with Gasteiger partial charge in [-0.25, -0.2) is 0 Å². The van der Waals surface area contributed by atoms with Gasteiger partial charge in [0.1, 0.15) is 122 Å². The van der Waals surface area contributed by atoms with E-state index in [-0.39, 0.29) is 0 Å². The van der Waals surface area contributed by atoms with E-state index in [0.717, 1.165) is 13.8 Å². The van der Waals surface area contributed by atoms with Crippen LogP contribution in [0.25, 0.3) is 0 Å². The van der Waals surface area contributed by atoms with Crippen molar-refractivity contribution >= 4 is 11.8 Å². The lowest BCUT2D eigenvalue weighted by Gasteiger charge is -2.49. The van der Waals surface area contributed by atoms with Crippen molar-refractivity contribution < 1.29 is 129 Å². The molecular weight excluding hydrogens is 852 g/mol. The van der Waals surface area contributed by atoms with E-state index in [1.54, 1.807) is 0 Å². The zero-order valence-electron chi connectivity index (χ0n) is 33.2. The van der Waals surface area contributed by atoms with Crippen LogP contribution < -0.4 is 10.6 Å². The van der Waals surface area contributed by atoms with E-state index in [4.69, 9.17) is 42.6 Å². The quantitative estimate of drug-likeness (QED) is 0.0725. The fraction of sp³-hybridized carbons (Fsp3) is 0.941. The Morgan fingerprint density at radius 1 is 0.419 bits per heavy atom. The van der Waals surface area contributed by atoms with Gasteiger partial charge in [-0.2, -0.15) is 0 Å². The van der Waals surface area contributed by atoms with E-state index in [1.165, 1.54) is 0 Å². The molecule has 5 aliphatic heterocycles. The topological polar surface area (TPSA) is 445 Å². The van der Waals surface area contributed by atoms with E-state index in [0.29, 0.717) is 0 Å². The Kier molecular flexibility index (Phi) is 18.1. The molecule has 0 aliphatic carbocycles. The molecule has 5 saturated heterocycles. The fourth-order valence-corrected chi connectivity index (χ4v) is 7.73. The summed E-state index contributed by atoms with van der Waals surface area (Å²) < 4.78 is 50.5. The molecule has 2 amide bonds. The highest BCUT2D eigenvalue weighted by Crippen LogP contribution is 2.34. The monoisotopic (exact) mass is 910 g/mol. The number of carbonyl (C=O) groups is 2. The van der Waals surface area contributed by atoms with E-state index >= 15 is 0 Å². The predicted molar refractivity (Wildman–Crippen MR) is 190 cm³/mol. The highest BCUT2D eigenvalue weighted by atomic mass is 16.8. The van der Waals surface area contributed by atoms with Crippen LogP contribution in [0.3, 0.4) is 0 Å². The molecule has 0 radical (unpaired) electrons. The number of aliphatic hydroxyl groups excluding tert-OH is 15. The number of nitrogens with one attached hydrogen (secondary N) is 2. The van der Waals surface area contributed by atoms with Crippen LogP contribution in [0.15, 0.2) is 0 Å². The van der Waals surface area contributed by atoms with Crippen molar-refractivity contribution in [3.05, 3.63) is 0 Å². The SMILES string of the molecule is CC(=O)N[C@H]1[C@H](OC[C@H]2OC(O)[C@H](NC(C)=O)[C@@H](O[C@@H]3O[C@H](CO)[C@H](O)[C@H](O)[C@H]3O)[C@H]2O)O[C@H](CO)[C@H](O[C@@H]2O[C@H](CO)[C@H](O)[C@H](O[C@H]3O[C@H](CO)[C@H](O)[C@H](O)[C@H]3O)[C@H]2O)[C@@H]1O. The summed E-state index contributed by atoms with van der Waals surface area (Å²) in [6.45, 7) is -2.21. The molecule has 0 saturated carbocycles. The van der Waals surface area contributed by atoms with Crippen LogP contribution in [0.2, 0.25) is 0 Å². The second kappa shape index (κ2) is 22.0. The minimum Gasteiger partial charge on any atom is -0.394 e. The van der Waals surface area contributed by atoms with Crippen molar-refractivity contribution in [2.45, 2.75) is 167 Å². The zero-order chi connectivity index (χ0) is 45.9. The maximum Gasteiger partial charge on any atom is 0.217 e. The first-order chi connectivity index (χ1) is 29.3. The maximum atomic E-state index is 12.4. The first-order valence-electron chi connectivity index (χ1n) is 19.6. The average molecular weight is 911 g/mol. The van der Waals surface area contributed by atoms with E-state index in [9.17, 15) is 86.2 Å². The van der Waals surface area contributed by atoms with Gasteiger partial charge in [-0.3, -0.25) is 9.59 Å². The highest BCUT2D eigenvalue weighted by Gasteiger charge is 2.56. The molecule has 28 heteroatoms. The number of hydrogen-bond donors (Lipinski definition) is 17. The molecule has 5 rings (SSSR count). The minimum absolute atomic E-state index is 0.734. The Balaban J connectivity index is 1.31. The molecule has 0 aromatic heterocycles. The molecule has 25 atom stereocenters. The van der Waals surface area contributed by atoms with Gasteiger partial charge >= 0.3 is 0 Å². The van der Waals surface area contributed by atoms with Crippen molar-refractivity contribution in [1.29, 1.82) is 0 Å². The van der Waals surface area contributed by atoms with Crippen molar-refractivity contribution in [2.75, 3.05) is 33.0 Å². The van der Waals surface area contributed by atoms with Crippen LogP contribution in [0.1, 0.15) is 13.8 Å². The smallest absolute Gasteiger partial charge is 0.217 e. The molecule has 0 aromatic rings. The summed E-state index contributed by atoms with van der Waals surface area (Å²) in [5, 5.41) is 162. The third-order valence-corrected chi connectivity index (χ3v) is 11.1. The minimum atomic E-state index is -2.07. The largest absolute Gasteiger partial charge is 0.394 e. The summed E-state index contributed by atoms with van der Waals surface area (Å²) in [5.74, 6) is -1.50. The first-order valence-corrected chi connectivity index (χ1v) is 19.6. The Labute approximate surface area is 351 Å². The van der Waals surface area contributed by atoms with Crippen molar-refractivity contribution in [3.63, 3.8) is 0 Å². The lowest BCUT2D eigenvalue weighted by molar-refractivity contribution is -0.377. The second-order valence-corrected chi connectivity index (χ2v) is 15.5. The van der Waals surface area contributed by atoms with Gasteiger partial charge in [-0.15, -0.1) is 0 Å². The van der Waals surface area contributed by atoms with Gasteiger partial charge in [0, 0.05) is 13.8 Å². The van der Waals surface area contributed by atoms with Gasteiger partial charge < -0.3 is 130 Å². The summed E-state index contributed by atoms with van der Waals surface area (Å²) in [4.78, 5) is 24.4. The average Bonchev–Trinajstić information content (AvgIpc) is 3.23. The highest BCUT2D eigenvalue weighted by molar-refractivity contribution is 5.73.